The third kappa shape index (κ3) is 2.77. The third-order valence-corrected chi connectivity index (χ3v) is 2.05. The molecule has 0 aliphatic rings. The van der Waals surface area contributed by atoms with Crippen molar-refractivity contribution in [2.75, 3.05) is 7.11 Å². The first-order valence-corrected chi connectivity index (χ1v) is 4.50. The van der Waals surface area contributed by atoms with Crippen molar-refractivity contribution in [2.24, 2.45) is 4.99 Å². The van der Waals surface area contributed by atoms with Crippen LogP contribution in [-0.2, 0) is 4.74 Å². The minimum Gasteiger partial charge on any atom is -0.465 e. The maximum Gasteiger partial charge on any atom is 0.337 e. The van der Waals surface area contributed by atoms with E-state index in [1.54, 1.807) is 18.3 Å². The van der Waals surface area contributed by atoms with Crippen molar-refractivity contribution >= 4 is 18.8 Å². The quantitative estimate of drug-likeness (QED) is 0.559. The zero-order valence-corrected chi connectivity index (χ0v) is 8.86. The monoisotopic (exact) mass is 203 g/mol. The van der Waals surface area contributed by atoms with E-state index >= 15 is 0 Å². The summed E-state index contributed by atoms with van der Waals surface area (Å²) in [5, 5.41) is 0. The highest BCUT2D eigenvalue weighted by Crippen LogP contribution is 2.13. The largest absolute Gasteiger partial charge is 0.465 e. The van der Waals surface area contributed by atoms with E-state index in [1.165, 1.54) is 7.11 Å². The highest BCUT2D eigenvalue weighted by molar-refractivity contribution is 5.89. The molecule has 15 heavy (non-hydrogen) atoms. The van der Waals surface area contributed by atoms with Gasteiger partial charge in [0.2, 0.25) is 0 Å². The van der Waals surface area contributed by atoms with Gasteiger partial charge in [0.05, 0.1) is 12.7 Å². The lowest BCUT2D eigenvalue weighted by Gasteiger charge is -2.03. The van der Waals surface area contributed by atoms with Gasteiger partial charge in [0.1, 0.15) is 0 Å². The van der Waals surface area contributed by atoms with Gasteiger partial charge in [-0.1, -0.05) is 6.07 Å². The fraction of sp³-hybridized carbons (Fsp3) is 0.167. The number of hydrogen-bond donors (Lipinski definition) is 0. The summed E-state index contributed by atoms with van der Waals surface area (Å²) in [6, 6.07) is 5.36. The van der Waals surface area contributed by atoms with Gasteiger partial charge in [-0.25, -0.2) is 4.79 Å². The third-order valence-electron chi connectivity index (χ3n) is 2.05. The van der Waals surface area contributed by atoms with Crippen LogP contribution < -0.4 is 0 Å². The van der Waals surface area contributed by atoms with E-state index in [-0.39, 0.29) is 5.97 Å². The summed E-state index contributed by atoms with van der Waals surface area (Å²) < 4.78 is 4.63. The lowest BCUT2D eigenvalue weighted by Crippen LogP contribution is -2.01. The Hall–Kier alpha value is -1.90. The molecule has 1 rings (SSSR count). The Morgan fingerprint density at radius 2 is 2.27 bits per heavy atom. The molecule has 0 aliphatic heterocycles. The molecule has 0 N–H and O–H groups in total. The van der Waals surface area contributed by atoms with Crippen molar-refractivity contribution in [3.8, 4) is 0 Å². The summed E-state index contributed by atoms with van der Waals surface area (Å²) in [5.41, 5.74) is 2.56. The molecule has 1 aromatic carbocycles. The molecule has 0 radical (unpaired) electrons. The van der Waals surface area contributed by atoms with E-state index in [0.29, 0.717) is 5.56 Å². The number of methoxy groups -OCH3 is 1. The van der Waals surface area contributed by atoms with Crippen molar-refractivity contribution in [3.63, 3.8) is 0 Å². The maximum absolute atomic E-state index is 11.2. The normalized spacial score (nSPS) is 10.3. The van der Waals surface area contributed by atoms with E-state index < -0.39 is 0 Å². The average molecular weight is 203 g/mol. The number of hydrogen-bond acceptors (Lipinski definition) is 3. The van der Waals surface area contributed by atoms with Gasteiger partial charge in [-0.2, -0.15) is 0 Å². The second-order valence-electron chi connectivity index (χ2n) is 3.06. The molecule has 0 unspecified atom stereocenters. The van der Waals surface area contributed by atoms with E-state index in [0.717, 1.165) is 11.1 Å². The smallest absolute Gasteiger partial charge is 0.337 e. The molecule has 0 fully saturated rings. The predicted octanol–water partition coefficient (Wildman–Crippen LogP) is 2.45. The fourth-order valence-electron chi connectivity index (χ4n) is 1.24. The first-order chi connectivity index (χ1) is 7.19. The minimum absolute atomic E-state index is 0.324. The van der Waals surface area contributed by atoms with Crippen molar-refractivity contribution in [3.05, 3.63) is 41.1 Å². The number of ether oxygens (including phenoxy) is 1. The fourth-order valence-corrected chi connectivity index (χ4v) is 1.24. The van der Waals surface area contributed by atoms with Crippen LogP contribution in [0.15, 0.2) is 29.4 Å². The maximum atomic E-state index is 11.2. The van der Waals surface area contributed by atoms with Crippen LogP contribution in [0.5, 0.6) is 0 Å². The van der Waals surface area contributed by atoms with Crippen molar-refractivity contribution < 1.29 is 9.53 Å². The van der Waals surface area contributed by atoms with Crippen molar-refractivity contribution in [2.45, 2.75) is 6.92 Å². The molecule has 3 nitrogen and oxygen atoms in total. The molecule has 3 heteroatoms. The second kappa shape index (κ2) is 5.10. The van der Waals surface area contributed by atoms with Crippen molar-refractivity contribution in [1.29, 1.82) is 0 Å². The standard InChI is InChI=1S/C12H13NO2/c1-9-8-11(12(14)15-3)5-4-10(9)6-7-13-2/h4-8H,2H2,1,3H3/b7-6-. The van der Waals surface area contributed by atoms with Gasteiger partial charge >= 0.3 is 5.97 Å². The van der Waals surface area contributed by atoms with E-state index in [4.69, 9.17) is 0 Å². The van der Waals surface area contributed by atoms with Gasteiger partial charge < -0.3 is 4.74 Å². The zero-order valence-electron chi connectivity index (χ0n) is 8.86. The highest BCUT2D eigenvalue weighted by Gasteiger charge is 2.05. The van der Waals surface area contributed by atoms with Crippen LogP contribution in [0.2, 0.25) is 0 Å². The number of nitrogens with zero attached hydrogens (tertiary/aromatic N) is 1. The number of aliphatic imine (C=N–C) groups is 1. The van der Waals surface area contributed by atoms with E-state index in [1.807, 2.05) is 19.1 Å². The van der Waals surface area contributed by atoms with Crippen LogP contribution in [0.4, 0.5) is 0 Å². The number of rotatable bonds is 3. The average Bonchev–Trinajstić information content (AvgIpc) is 2.26. The molecule has 0 heterocycles. The molecular formula is C12H13NO2. The highest BCUT2D eigenvalue weighted by atomic mass is 16.5. The number of esters is 1. The van der Waals surface area contributed by atoms with Gasteiger partial charge in [-0.05, 0) is 43.0 Å². The molecule has 78 valence electrons. The Bertz CT molecular complexity index is 408. The molecule has 1 aromatic rings. The van der Waals surface area contributed by atoms with Gasteiger partial charge in [0, 0.05) is 6.20 Å². The Balaban J connectivity index is 3.02. The lowest BCUT2D eigenvalue weighted by atomic mass is 10.1. The molecule has 0 amide bonds. The predicted molar refractivity (Wildman–Crippen MR) is 61.1 cm³/mol. The van der Waals surface area contributed by atoms with Crippen LogP contribution >= 0.6 is 0 Å². The number of carbonyl (C=O) groups is 1. The topological polar surface area (TPSA) is 38.7 Å². The van der Waals surface area contributed by atoms with Gasteiger partial charge in [0.15, 0.2) is 0 Å². The molecule has 0 saturated heterocycles. The molecule has 0 aromatic heterocycles. The Morgan fingerprint density at radius 3 is 2.80 bits per heavy atom. The van der Waals surface area contributed by atoms with E-state index in [2.05, 4.69) is 16.4 Å². The van der Waals surface area contributed by atoms with Crippen LogP contribution in [0, 0.1) is 6.92 Å². The molecule has 0 saturated carbocycles. The van der Waals surface area contributed by atoms with E-state index in [9.17, 15) is 4.79 Å². The number of carbonyl (C=O) groups excluding carboxylic acids is 1. The van der Waals surface area contributed by atoms with Crippen LogP contribution in [-0.4, -0.2) is 19.8 Å². The summed E-state index contributed by atoms with van der Waals surface area (Å²) >= 11 is 0. The summed E-state index contributed by atoms with van der Waals surface area (Å²) in [7, 11) is 1.37. The summed E-state index contributed by atoms with van der Waals surface area (Å²) in [4.78, 5) is 14.8. The molecule has 0 atom stereocenters. The number of aryl methyl sites for hydroxylation is 1. The van der Waals surface area contributed by atoms with Crippen LogP contribution in [0.1, 0.15) is 21.5 Å². The molecule has 0 bridgehead atoms. The summed E-state index contributed by atoms with van der Waals surface area (Å²) in [6.45, 7) is 5.28. The Labute approximate surface area is 89.1 Å². The summed E-state index contributed by atoms with van der Waals surface area (Å²) in [5.74, 6) is -0.324. The second-order valence-corrected chi connectivity index (χ2v) is 3.06. The van der Waals surface area contributed by atoms with Gasteiger partial charge in [-0.3, -0.25) is 4.99 Å². The Kier molecular flexibility index (Phi) is 3.80. The first kappa shape index (κ1) is 11.2. The molecule has 0 spiro atoms. The molecule has 0 aliphatic carbocycles. The van der Waals surface area contributed by atoms with Gasteiger partial charge in [-0.15, -0.1) is 0 Å². The van der Waals surface area contributed by atoms with Gasteiger partial charge in [0.25, 0.3) is 0 Å². The first-order valence-electron chi connectivity index (χ1n) is 4.50. The SMILES string of the molecule is C=N/C=C\c1ccc(C(=O)OC)cc1C. The van der Waals surface area contributed by atoms with Crippen LogP contribution in [0.25, 0.3) is 6.08 Å². The molecular weight excluding hydrogens is 190 g/mol. The van der Waals surface area contributed by atoms with Crippen LogP contribution in [0.3, 0.4) is 0 Å². The minimum atomic E-state index is -0.324. The number of benzene rings is 1. The lowest BCUT2D eigenvalue weighted by molar-refractivity contribution is 0.0600. The Morgan fingerprint density at radius 1 is 1.53 bits per heavy atom. The zero-order chi connectivity index (χ0) is 11.3. The van der Waals surface area contributed by atoms with Crippen molar-refractivity contribution in [1.82, 2.24) is 0 Å². The summed E-state index contributed by atoms with van der Waals surface area (Å²) in [6.07, 6.45) is 3.45.